The Balaban J connectivity index is 2.02. The first-order valence-electron chi connectivity index (χ1n) is 7.77. The van der Waals surface area contributed by atoms with Gasteiger partial charge in [-0.15, -0.1) is 0 Å². The van der Waals surface area contributed by atoms with Crippen LogP contribution in [0.15, 0.2) is 42.5 Å². The number of amides is 2. The highest BCUT2D eigenvalue weighted by molar-refractivity contribution is 6.30. The van der Waals surface area contributed by atoms with Crippen molar-refractivity contribution in [3.8, 4) is 0 Å². The van der Waals surface area contributed by atoms with Gasteiger partial charge in [-0.05, 0) is 55.3 Å². The standard InChI is InChI=1S/C19H21ClN2O2/c1-13-9-14(2)11-18(10-13)22(15(3)23)8-7-21-19(24)16-5-4-6-17(20)12-16/h4-6,9-12H,7-8H2,1-3H3,(H,21,24). The van der Waals surface area contributed by atoms with Gasteiger partial charge in [-0.2, -0.15) is 0 Å². The molecule has 0 fully saturated rings. The Hall–Kier alpha value is -2.33. The minimum absolute atomic E-state index is 0.0583. The van der Waals surface area contributed by atoms with Crippen molar-refractivity contribution in [3.05, 3.63) is 64.2 Å². The fourth-order valence-corrected chi connectivity index (χ4v) is 2.78. The average molecular weight is 345 g/mol. The van der Waals surface area contributed by atoms with Crippen molar-refractivity contribution in [2.45, 2.75) is 20.8 Å². The van der Waals surface area contributed by atoms with E-state index >= 15 is 0 Å². The molecule has 0 spiro atoms. The molecule has 126 valence electrons. The van der Waals surface area contributed by atoms with E-state index in [2.05, 4.69) is 11.4 Å². The summed E-state index contributed by atoms with van der Waals surface area (Å²) < 4.78 is 0. The molecule has 2 aromatic rings. The number of aryl methyl sites for hydroxylation is 2. The Morgan fingerprint density at radius 1 is 1.08 bits per heavy atom. The summed E-state index contributed by atoms with van der Waals surface area (Å²) in [6.07, 6.45) is 0. The van der Waals surface area contributed by atoms with Crippen molar-refractivity contribution in [2.24, 2.45) is 0 Å². The summed E-state index contributed by atoms with van der Waals surface area (Å²) in [6, 6.07) is 12.8. The van der Waals surface area contributed by atoms with Gasteiger partial charge in [-0.1, -0.05) is 23.7 Å². The van der Waals surface area contributed by atoms with E-state index in [-0.39, 0.29) is 11.8 Å². The van der Waals surface area contributed by atoms with Gasteiger partial charge in [0.2, 0.25) is 5.91 Å². The second-order valence-electron chi connectivity index (χ2n) is 5.78. The van der Waals surface area contributed by atoms with Crippen LogP contribution in [-0.2, 0) is 4.79 Å². The molecular formula is C19H21ClN2O2. The lowest BCUT2D eigenvalue weighted by atomic mass is 10.1. The largest absolute Gasteiger partial charge is 0.350 e. The monoisotopic (exact) mass is 344 g/mol. The van der Waals surface area contributed by atoms with Crippen LogP contribution in [0.3, 0.4) is 0 Å². The lowest BCUT2D eigenvalue weighted by Gasteiger charge is -2.22. The zero-order valence-electron chi connectivity index (χ0n) is 14.1. The van der Waals surface area contributed by atoms with Crippen molar-refractivity contribution in [1.82, 2.24) is 5.32 Å². The Bertz CT molecular complexity index is 739. The van der Waals surface area contributed by atoms with Gasteiger partial charge in [0, 0.05) is 36.3 Å². The smallest absolute Gasteiger partial charge is 0.251 e. The highest BCUT2D eigenvalue weighted by atomic mass is 35.5. The molecule has 0 aliphatic rings. The maximum absolute atomic E-state index is 12.1. The molecule has 0 aliphatic carbocycles. The van der Waals surface area contributed by atoms with Crippen molar-refractivity contribution in [3.63, 3.8) is 0 Å². The summed E-state index contributed by atoms with van der Waals surface area (Å²) >= 11 is 5.89. The van der Waals surface area contributed by atoms with Gasteiger partial charge in [0.1, 0.15) is 0 Å². The SMILES string of the molecule is CC(=O)N(CCNC(=O)c1cccc(Cl)c1)c1cc(C)cc(C)c1. The first-order chi connectivity index (χ1) is 11.4. The van der Waals surface area contributed by atoms with E-state index in [0.29, 0.717) is 23.7 Å². The van der Waals surface area contributed by atoms with Crippen LogP contribution in [0, 0.1) is 13.8 Å². The van der Waals surface area contributed by atoms with Crippen LogP contribution in [0.25, 0.3) is 0 Å². The zero-order valence-corrected chi connectivity index (χ0v) is 14.9. The number of hydrogen-bond acceptors (Lipinski definition) is 2. The van der Waals surface area contributed by atoms with Crippen molar-refractivity contribution in [1.29, 1.82) is 0 Å². The van der Waals surface area contributed by atoms with Gasteiger partial charge in [0.15, 0.2) is 0 Å². The number of hydrogen-bond donors (Lipinski definition) is 1. The molecule has 1 N–H and O–H groups in total. The topological polar surface area (TPSA) is 49.4 Å². The number of benzene rings is 2. The summed E-state index contributed by atoms with van der Waals surface area (Å²) in [5.41, 5.74) is 3.54. The number of nitrogens with zero attached hydrogens (tertiary/aromatic N) is 1. The second kappa shape index (κ2) is 7.97. The molecular weight excluding hydrogens is 324 g/mol. The van der Waals surface area contributed by atoms with E-state index in [9.17, 15) is 9.59 Å². The van der Waals surface area contributed by atoms with Crippen LogP contribution < -0.4 is 10.2 Å². The van der Waals surface area contributed by atoms with Gasteiger partial charge in [0.25, 0.3) is 5.91 Å². The molecule has 5 heteroatoms. The average Bonchev–Trinajstić information content (AvgIpc) is 2.49. The fourth-order valence-electron chi connectivity index (χ4n) is 2.59. The fraction of sp³-hybridized carbons (Fsp3) is 0.263. The molecule has 0 bridgehead atoms. The molecule has 2 aromatic carbocycles. The van der Waals surface area contributed by atoms with Crippen LogP contribution in [0.4, 0.5) is 5.69 Å². The number of carbonyl (C=O) groups is 2. The lowest BCUT2D eigenvalue weighted by molar-refractivity contribution is -0.116. The van der Waals surface area contributed by atoms with E-state index < -0.39 is 0 Å². The van der Waals surface area contributed by atoms with Crippen LogP contribution in [0.2, 0.25) is 5.02 Å². The molecule has 2 amide bonds. The Labute approximate surface area is 147 Å². The molecule has 0 heterocycles. The zero-order chi connectivity index (χ0) is 17.7. The predicted octanol–water partition coefficient (Wildman–Crippen LogP) is 3.74. The number of carbonyl (C=O) groups excluding carboxylic acids is 2. The second-order valence-corrected chi connectivity index (χ2v) is 6.22. The summed E-state index contributed by atoms with van der Waals surface area (Å²) in [7, 11) is 0. The normalized spacial score (nSPS) is 10.3. The minimum Gasteiger partial charge on any atom is -0.350 e. The van der Waals surface area contributed by atoms with E-state index in [4.69, 9.17) is 11.6 Å². The minimum atomic E-state index is -0.207. The maximum Gasteiger partial charge on any atom is 0.251 e. The predicted molar refractivity (Wildman–Crippen MR) is 97.7 cm³/mol. The van der Waals surface area contributed by atoms with Crippen LogP contribution in [0.5, 0.6) is 0 Å². The van der Waals surface area contributed by atoms with Gasteiger partial charge in [-0.3, -0.25) is 9.59 Å². The Morgan fingerprint density at radius 2 is 1.75 bits per heavy atom. The molecule has 0 unspecified atom stereocenters. The van der Waals surface area contributed by atoms with Crippen molar-refractivity contribution in [2.75, 3.05) is 18.0 Å². The summed E-state index contributed by atoms with van der Waals surface area (Å²) in [6.45, 7) is 6.28. The van der Waals surface area contributed by atoms with Crippen molar-refractivity contribution < 1.29 is 9.59 Å². The third kappa shape index (κ3) is 4.83. The summed E-state index contributed by atoms with van der Waals surface area (Å²) in [4.78, 5) is 25.7. The number of anilines is 1. The van der Waals surface area contributed by atoms with Crippen LogP contribution >= 0.6 is 11.6 Å². The van der Waals surface area contributed by atoms with Gasteiger partial charge < -0.3 is 10.2 Å². The molecule has 0 aromatic heterocycles. The lowest BCUT2D eigenvalue weighted by Crippen LogP contribution is -2.37. The van der Waals surface area contributed by atoms with Gasteiger partial charge in [-0.25, -0.2) is 0 Å². The number of halogens is 1. The molecule has 24 heavy (non-hydrogen) atoms. The van der Waals surface area contributed by atoms with Crippen molar-refractivity contribution >= 4 is 29.1 Å². The molecule has 2 rings (SSSR count). The first-order valence-corrected chi connectivity index (χ1v) is 8.15. The summed E-state index contributed by atoms with van der Waals surface area (Å²) in [5, 5.41) is 3.34. The molecule has 4 nitrogen and oxygen atoms in total. The van der Waals surface area contributed by atoms with E-state index in [1.807, 2.05) is 26.0 Å². The molecule has 0 atom stereocenters. The molecule has 0 aliphatic heterocycles. The molecule has 0 saturated carbocycles. The number of rotatable bonds is 5. The Kier molecular flexibility index (Phi) is 5.99. The third-order valence-corrected chi connectivity index (χ3v) is 3.84. The van der Waals surface area contributed by atoms with Gasteiger partial charge >= 0.3 is 0 Å². The first kappa shape index (κ1) is 18.0. The van der Waals surface area contributed by atoms with Gasteiger partial charge in [0.05, 0.1) is 0 Å². The summed E-state index contributed by atoms with van der Waals surface area (Å²) in [5.74, 6) is -0.265. The van der Waals surface area contributed by atoms with E-state index in [1.165, 1.54) is 6.92 Å². The molecule has 0 radical (unpaired) electrons. The maximum atomic E-state index is 12.1. The van der Waals surface area contributed by atoms with E-state index in [1.54, 1.807) is 29.2 Å². The van der Waals surface area contributed by atoms with Crippen LogP contribution in [-0.4, -0.2) is 24.9 Å². The highest BCUT2D eigenvalue weighted by Crippen LogP contribution is 2.18. The third-order valence-electron chi connectivity index (χ3n) is 3.61. The Morgan fingerprint density at radius 3 is 2.33 bits per heavy atom. The molecule has 0 saturated heterocycles. The highest BCUT2D eigenvalue weighted by Gasteiger charge is 2.13. The number of nitrogens with one attached hydrogen (secondary N) is 1. The quantitative estimate of drug-likeness (QED) is 0.898. The van der Waals surface area contributed by atoms with E-state index in [0.717, 1.165) is 16.8 Å². The van der Waals surface area contributed by atoms with Crippen LogP contribution in [0.1, 0.15) is 28.4 Å².